The van der Waals surface area contributed by atoms with Crippen LogP contribution < -0.4 is 4.74 Å². The van der Waals surface area contributed by atoms with Gasteiger partial charge < -0.3 is 9.47 Å². The minimum Gasteiger partial charge on any atom is -0.493 e. The Balaban J connectivity index is 2.23. The third-order valence-electron chi connectivity index (χ3n) is 3.17. The van der Waals surface area contributed by atoms with Crippen molar-refractivity contribution in [3.8, 4) is 5.75 Å². The predicted molar refractivity (Wildman–Crippen MR) is 67.0 cm³/mol. The standard InChI is InChI=1S/C13H20N2O3/c1-3-7-15-12(11(17-2)9-14-15)13(16)10-6-4-5-8-18-10/h9-10H,3-8H2,1-2H3. The van der Waals surface area contributed by atoms with Crippen LogP contribution in [0, 0.1) is 0 Å². The van der Waals surface area contributed by atoms with E-state index in [4.69, 9.17) is 9.47 Å². The monoisotopic (exact) mass is 252 g/mol. The van der Waals surface area contributed by atoms with Gasteiger partial charge in [0.2, 0.25) is 5.78 Å². The average molecular weight is 252 g/mol. The SMILES string of the molecule is CCCn1ncc(OC)c1C(=O)C1CCCCO1. The summed E-state index contributed by atoms with van der Waals surface area (Å²) in [5.74, 6) is 0.542. The van der Waals surface area contributed by atoms with Crippen molar-refractivity contribution in [1.29, 1.82) is 0 Å². The van der Waals surface area contributed by atoms with Gasteiger partial charge >= 0.3 is 0 Å². The largest absolute Gasteiger partial charge is 0.493 e. The maximum atomic E-state index is 12.5. The van der Waals surface area contributed by atoms with E-state index in [1.165, 1.54) is 0 Å². The number of carbonyl (C=O) groups is 1. The van der Waals surface area contributed by atoms with Gasteiger partial charge in [-0.3, -0.25) is 9.48 Å². The Kier molecular flexibility index (Phi) is 4.36. The molecule has 1 aromatic heterocycles. The highest BCUT2D eigenvalue weighted by Gasteiger charge is 2.29. The van der Waals surface area contributed by atoms with E-state index in [2.05, 4.69) is 12.0 Å². The molecule has 100 valence electrons. The molecule has 2 rings (SSSR count). The first-order chi connectivity index (χ1) is 8.77. The van der Waals surface area contributed by atoms with Gasteiger partial charge in [-0.2, -0.15) is 5.10 Å². The number of aromatic nitrogens is 2. The number of ketones is 1. The van der Waals surface area contributed by atoms with Gasteiger partial charge in [0.25, 0.3) is 0 Å². The van der Waals surface area contributed by atoms with E-state index in [1.54, 1.807) is 18.0 Å². The highest BCUT2D eigenvalue weighted by Crippen LogP contribution is 2.24. The Morgan fingerprint density at radius 3 is 3.06 bits per heavy atom. The highest BCUT2D eigenvalue weighted by molar-refractivity contribution is 6.00. The van der Waals surface area contributed by atoms with E-state index in [-0.39, 0.29) is 11.9 Å². The van der Waals surface area contributed by atoms with Gasteiger partial charge in [-0.25, -0.2) is 0 Å². The Hall–Kier alpha value is -1.36. The van der Waals surface area contributed by atoms with Crippen molar-refractivity contribution in [3.63, 3.8) is 0 Å². The second kappa shape index (κ2) is 6.00. The van der Waals surface area contributed by atoms with E-state index < -0.39 is 0 Å². The van der Waals surface area contributed by atoms with E-state index >= 15 is 0 Å². The minimum absolute atomic E-state index is 0.00231. The molecular formula is C13H20N2O3. The fourth-order valence-electron chi connectivity index (χ4n) is 2.25. The van der Waals surface area contributed by atoms with Crippen molar-refractivity contribution >= 4 is 5.78 Å². The maximum Gasteiger partial charge on any atom is 0.213 e. The molecule has 0 aromatic carbocycles. The number of hydrogen-bond donors (Lipinski definition) is 0. The molecule has 5 heteroatoms. The topological polar surface area (TPSA) is 53.4 Å². The molecule has 0 aliphatic carbocycles. The number of carbonyl (C=O) groups excluding carboxylic acids is 1. The Bertz CT molecular complexity index is 408. The maximum absolute atomic E-state index is 12.5. The van der Waals surface area contributed by atoms with Gasteiger partial charge in [-0.15, -0.1) is 0 Å². The number of hydrogen-bond acceptors (Lipinski definition) is 4. The van der Waals surface area contributed by atoms with Gasteiger partial charge in [0.05, 0.1) is 13.3 Å². The zero-order valence-electron chi connectivity index (χ0n) is 11.0. The predicted octanol–water partition coefficient (Wildman–Crippen LogP) is 2.05. The number of Topliss-reactive ketones (excluding diaryl/α,β-unsaturated/α-hetero) is 1. The summed E-state index contributed by atoms with van der Waals surface area (Å²) in [7, 11) is 1.56. The fourth-order valence-corrected chi connectivity index (χ4v) is 2.25. The van der Waals surface area contributed by atoms with Crippen molar-refractivity contribution in [2.24, 2.45) is 0 Å². The number of ether oxygens (including phenoxy) is 2. The molecule has 1 saturated heterocycles. The van der Waals surface area contributed by atoms with Crippen LogP contribution >= 0.6 is 0 Å². The van der Waals surface area contributed by atoms with Crippen LogP contribution in [0.2, 0.25) is 0 Å². The number of methoxy groups -OCH3 is 1. The van der Waals surface area contributed by atoms with Crippen molar-refractivity contribution in [3.05, 3.63) is 11.9 Å². The van der Waals surface area contributed by atoms with Crippen LogP contribution in [0.1, 0.15) is 43.1 Å². The molecule has 5 nitrogen and oxygen atoms in total. The molecule has 0 spiro atoms. The molecule has 18 heavy (non-hydrogen) atoms. The number of rotatable bonds is 5. The third-order valence-corrected chi connectivity index (χ3v) is 3.17. The first-order valence-corrected chi connectivity index (χ1v) is 6.53. The molecule has 0 amide bonds. The van der Waals surface area contributed by atoms with E-state index in [0.717, 1.165) is 32.2 Å². The second-order valence-corrected chi connectivity index (χ2v) is 4.50. The normalized spacial score (nSPS) is 19.8. The lowest BCUT2D eigenvalue weighted by Crippen LogP contribution is -2.30. The molecule has 1 aliphatic rings. The lowest BCUT2D eigenvalue weighted by molar-refractivity contribution is 0.0177. The summed E-state index contributed by atoms with van der Waals surface area (Å²) in [5.41, 5.74) is 0.547. The van der Waals surface area contributed by atoms with Gasteiger partial charge in [0.15, 0.2) is 5.75 Å². The molecule has 0 radical (unpaired) electrons. The molecule has 0 N–H and O–H groups in total. The fraction of sp³-hybridized carbons (Fsp3) is 0.692. The van der Waals surface area contributed by atoms with Gasteiger partial charge in [-0.05, 0) is 25.7 Å². The second-order valence-electron chi connectivity index (χ2n) is 4.50. The van der Waals surface area contributed by atoms with Crippen molar-refractivity contribution in [1.82, 2.24) is 9.78 Å². The summed E-state index contributed by atoms with van der Waals surface area (Å²) in [4.78, 5) is 12.5. The summed E-state index contributed by atoms with van der Waals surface area (Å²) in [6.45, 7) is 3.44. The van der Waals surface area contributed by atoms with Crippen LogP contribution in [0.15, 0.2) is 6.20 Å². The first-order valence-electron chi connectivity index (χ1n) is 6.53. The molecule has 1 aliphatic heterocycles. The smallest absolute Gasteiger partial charge is 0.213 e. The molecule has 0 saturated carbocycles. The quantitative estimate of drug-likeness (QED) is 0.753. The van der Waals surface area contributed by atoms with Crippen molar-refractivity contribution in [2.45, 2.75) is 45.3 Å². The Morgan fingerprint density at radius 2 is 2.44 bits per heavy atom. The zero-order chi connectivity index (χ0) is 13.0. The minimum atomic E-state index is -0.333. The molecule has 1 aromatic rings. The molecule has 1 fully saturated rings. The molecule has 1 unspecified atom stereocenters. The summed E-state index contributed by atoms with van der Waals surface area (Å²) in [6, 6.07) is 0. The van der Waals surface area contributed by atoms with Gasteiger partial charge in [0.1, 0.15) is 11.8 Å². The average Bonchev–Trinajstić information content (AvgIpc) is 2.82. The van der Waals surface area contributed by atoms with Crippen LogP contribution in [0.3, 0.4) is 0 Å². The van der Waals surface area contributed by atoms with Crippen LogP contribution in [0.4, 0.5) is 0 Å². The van der Waals surface area contributed by atoms with E-state index in [9.17, 15) is 4.79 Å². The van der Waals surface area contributed by atoms with E-state index in [0.29, 0.717) is 18.1 Å². The first kappa shape index (κ1) is 13.1. The van der Waals surface area contributed by atoms with Crippen molar-refractivity contribution in [2.75, 3.05) is 13.7 Å². The number of nitrogens with zero attached hydrogens (tertiary/aromatic N) is 2. The molecule has 1 atom stereocenters. The van der Waals surface area contributed by atoms with Crippen molar-refractivity contribution < 1.29 is 14.3 Å². The Labute approximate surface area is 107 Å². The van der Waals surface area contributed by atoms with Crippen LogP contribution in [-0.2, 0) is 11.3 Å². The summed E-state index contributed by atoms with van der Waals surface area (Å²) >= 11 is 0. The molecular weight excluding hydrogens is 232 g/mol. The van der Waals surface area contributed by atoms with E-state index in [1.807, 2.05) is 0 Å². The third kappa shape index (κ3) is 2.56. The summed E-state index contributed by atoms with van der Waals surface area (Å²) < 4.78 is 12.5. The van der Waals surface area contributed by atoms with Gasteiger partial charge in [-0.1, -0.05) is 6.92 Å². The lowest BCUT2D eigenvalue weighted by Gasteiger charge is -2.21. The summed E-state index contributed by atoms with van der Waals surface area (Å²) in [5, 5.41) is 4.21. The molecule has 0 bridgehead atoms. The summed E-state index contributed by atoms with van der Waals surface area (Å²) in [6.07, 6.45) is 5.07. The van der Waals surface area contributed by atoms with Crippen LogP contribution in [0.25, 0.3) is 0 Å². The highest BCUT2D eigenvalue weighted by atomic mass is 16.5. The lowest BCUT2D eigenvalue weighted by atomic mass is 10.0. The van der Waals surface area contributed by atoms with Gasteiger partial charge in [0, 0.05) is 13.2 Å². The van der Waals surface area contributed by atoms with Crippen LogP contribution in [-0.4, -0.2) is 35.4 Å². The van der Waals surface area contributed by atoms with Crippen LogP contribution in [0.5, 0.6) is 5.75 Å². The number of aryl methyl sites for hydroxylation is 1. The zero-order valence-corrected chi connectivity index (χ0v) is 11.0. The molecule has 2 heterocycles. The Morgan fingerprint density at radius 1 is 1.61 bits per heavy atom.